The maximum absolute atomic E-state index is 12.1. The smallest absolute Gasteiger partial charge is 0.224 e. The fraction of sp³-hybridized carbons (Fsp3) is 0.833. The first kappa shape index (κ1) is 19.3. The van der Waals surface area contributed by atoms with Gasteiger partial charge in [0, 0.05) is 46.3 Å². The van der Waals surface area contributed by atoms with Crippen LogP contribution in [0.15, 0.2) is 0 Å². The molecule has 0 radical (unpaired) electrons. The fourth-order valence-electron chi connectivity index (χ4n) is 3.88. The molecule has 26 heavy (non-hydrogen) atoms. The van der Waals surface area contributed by atoms with Crippen LogP contribution >= 0.6 is 0 Å². The summed E-state index contributed by atoms with van der Waals surface area (Å²) in [7, 11) is 3.66. The lowest BCUT2D eigenvalue weighted by Crippen LogP contribution is -2.38. The van der Waals surface area contributed by atoms with Crippen LogP contribution in [-0.2, 0) is 23.1 Å². The van der Waals surface area contributed by atoms with Gasteiger partial charge >= 0.3 is 0 Å². The Morgan fingerprint density at radius 1 is 1.15 bits per heavy atom. The topological polar surface area (TPSA) is 83.7 Å². The first-order valence-electron chi connectivity index (χ1n) is 9.63. The zero-order valence-electron chi connectivity index (χ0n) is 15.9. The van der Waals surface area contributed by atoms with Crippen LogP contribution in [0, 0.1) is 0 Å². The predicted molar refractivity (Wildman–Crippen MR) is 96.6 cm³/mol. The Bertz CT molecular complexity index is 590. The van der Waals surface area contributed by atoms with E-state index in [0.29, 0.717) is 18.9 Å². The summed E-state index contributed by atoms with van der Waals surface area (Å²) in [6.07, 6.45) is 3.83. The van der Waals surface area contributed by atoms with Crippen molar-refractivity contribution in [3.63, 3.8) is 0 Å². The Morgan fingerprint density at radius 2 is 1.85 bits per heavy atom. The number of aliphatic hydroxyl groups is 1. The van der Waals surface area contributed by atoms with Gasteiger partial charge in [0.05, 0.1) is 25.7 Å². The molecule has 1 amide bonds. The number of hydrogen-bond acceptors (Lipinski definition) is 6. The highest BCUT2D eigenvalue weighted by Crippen LogP contribution is 2.27. The van der Waals surface area contributed by atoms with E-state index in [4.69, 9.17) is 4.74 Å². The van der Waals surface area contributed by atoms with Gasteiger partial charge in [-0.25, -0.2) is 0 Å². The number of hydrogen-bond donors (Lipinski definition) is 1. The van der Waals surface area contributed by atoms with Crippen molar-refractivity contribution in [2.24, 2.45) is 7.05 Å². The van der Waals surface area contributed by atoms with E-state index in [-0.39, 0.29) is 12.0 Å². The molecular weight excluding hydrogens is 334 g/mol. The van der Waals surface area contributed by atoms with Crippen LogP contribution in [0.3, 0.4) is 0 Å². The van der Waals surface area contributed by atoms with E-state index < -0.39 is 0 Å². The quantitative estimate of drug-likeness (QED) is 0.791. The Labute approximate surface area is 155 Å². The van der Waals surface area contributed by atoms with Crippen molar-refractivity contribution in [2.45, 2.75) is 50.7 Å². The van der Waals surface area contributed by atoms with Gasteiger partial charge < -0.3 is 19.3 Å². The molecule has 0 spiro atoms. The number of likely N-dealkylation sites (tertiary alicyclic amines) is 2. The number of aromatic nitrogens is 3. The number of aliphatic hydroxyl groups excluding tert-OH is 1. The lowest BCUT2D eigenvalue weighted by atomic mass is 9.95. The average molecular weight is 365 g/mol. The molecule has 1 aromatic heterocycles. The van der Waals surface area contributed by atoms with E-state index >= 15 is 0 Å². The minimum absolute atomic E-state index is 0.155. The summed E-state index contributed by atoms with van der Waals surface area (Å²) in [4.78, 5) is 16.4. The van der Waals surface area contributed by atoms with Crippen molar-refractivity contribution in [3.05, 3.63) is 11.6 Å². The van der Waals surface area contributed by atoms with Gasteiger partial charge in [-0.15, -0.1) is 10.2 Å². The van der Waals surface area contributed by atoms with Gasteiger partial charge in [-0.1, -0.05) is 0 Å². The zero-order valence-corrected chi connectivity index (χ0v) is 15.9. The number of amides is 1. The highest BCUT2D eigenvalue weighted by molar-refractivity contribution is 5.76. The molecule has 0 atom stereocenters. The van der Waals surface area contributed by atoms with Gasteiger partial charge in [0.15, 0.2) is 0 Å². The second-order valence-electron chi connectivity index (χ2n) is 7.44. The molecule has 0 aromatic carbocycles. The molecule has 146 valence electrons. The lowest BCUT2D eigenvalue weighted by Gasteiger charge is -2.32. The van der Waals surface area contributed by atoms with Crippen LogP contribution in [0.25, 0.3) is 0 Å². The Kier molecular flexibility index (Phi) is 6.61. The van der Waals surface area contributed by atoms with Crippen molar-refractivity contribution in [3.8, 4) is 0 Å². The number of rotatable bonds is 6. The minimum atomic E-state index is -0.155. The summed E-state index contributed by atoms with van der Waals surface area (Å²) in [6, 6.07) is 0. The summed E-state index contributed by atoms with van der Waals surface area (Å²) in [5.74, 6) is 2.54. The van der Waals surface area contributed by atoms with Crippen LogP contribution in [0.1, 0.15) is 49.7 Å². The number of carbonyl (C=O) groups is 1. The minimum Gasteiger partial charge on any atom is -0.393 e. The molecule has 0 aliphatic carbocycles. The Balaban J connectivity index is 1.53. The van der Waals surface area contributed by atoms with E-state index in [9.17, 15) is 9.90 Å². The first-order valence-corrected chi connectivity index (χ1v) is 9.63. The molecule has 1 aromatic rings. The molecule has 0 unspecified atom stereocenters. The van der Waals surface area contributed by atoms with E-state index in [2.05, 4.69) is 19.7 Å². The largest absolute Gasteiger partial charge is 0.393 e. The van der Waals surface area contributed by atoms with Crippen molar-refractivity contribution >= 4 is 5.91 Å². The molecule has 0 bridgehead atoms. The van der Waals surface area contributed by atoms with Crippen LogP contribution in [-0.4, -0.2) is 81.6 Å². The second-order valence-corrected chi connectivity index (χ2v) is 7.44. The third kappa shape index (κ3) is 4.61. The van der Waals surface area contributed by atoms with E-state index in [0.717, 1.165) is 70.1 Å². The molecule has 2 aliphatic heterocycles. The van der Waals surface area contributed by atoms with E-state index in [1.807, 2.05) is 11.9 Å². The monoisotopic (exact) mass is 365 g/mol. The third-order valence-corrected chi connectivity index (χ3v) is 5.65. The van der Waals surface area contributed by atoms with Crippen LogP contribution in [0.2, 0.25) is 0 Å². The number of methoxy groups -OCH3 is 1. The second kappa shape index (κ2) is 8.92. The average Bonchev–Trinajstić information content (AvgIpc) is 3.02. The molecule has 3 heterocycles. The van der Waals surface area contributed by atoms with Gasteiger partial charge in [0.25, 0.3) is 0 Å². The summed E-state index contributed by atoms with van der Waals surface area (Å²) in [6.45, 7) is 4.64. The standard InChI is InChI=1S/C18H31N5O3/c1-21-16(13-22-8-5-15(24)6-9-22)19-20-18(21)14-3-10-23(11-4-14)17(25)7-12-26-2/h14-15,24H,3-13H2,1-2H3. The number of piperidine rings is 2. The van der Waals surface area contributed by atoms with Crippen LogP contribution in [0.4, 0.5) is 0 Å². The molecule has 1 N–H and O–H groups in total. The molecule has 3 rings (SSSR count). The highest BCUT2D eigenvalue weighted by atomic mass is 16.5. The van der Waals surface area contributed by atoms with Gasteiger partial charge in [0.2, 0.25) is 5.91 Å². The molecule has 2 aliphatic rings. The van der Waals surface area contributed by atoms with Crippen LogP contribution in [0.5, 0.6) is 0 Å². The summed E-state index contributed by atoms with van der Waals surface area (Å²) < 4.78 is 7.12. The van der Waals surface area contributed by atoms with Crippen molar-refractivity contribution in [2.75, 3.05) is 39.9 Å². The molecular formula is C18H31N5O3. The lowest BCUT2D eigenvalue weighted by molar-refractivity contribution is -0.133. The van der Waals surface area contributed by atoms with E-state index in [1.165, 1.54) is 0 Å². The fourth-order valence-corrected chi connectivity index (χ4v) is 3.88. The Morgan fingerprint density at radius 3 is 2.50 bits per heavy atom. The predicted octanol–water partition coefficient (Wildman–Crippen LogP) is 0.514. The molecule has 2 fully saturated rings. The number of nitrogens with zero attached hydrogens (tertiary/aromatic N) is 5. The summed E-state index contributed by atoms with van der Waals surface area (Å²) in [5.41, 5.74) is 0. The molecule has 8 nitrogen and oxygen atoms in total. The maximum Gasteiger partial charge on any atom is 0.224 e. The van der Waals surface area contributed by atoms with Gasteiger partial charge in [-0.3, -0.25) is 9.69 Å². The molecule has 2 saturated heterocycles. The highest BCUT2D eigenvalue weighted by Gasteiger charge is 2.27. The third-order valence-electron chi connectivity index (χ3n) is 5.65. The normalized spacial score (nSPS) is 20.7. The molecule has 8 heteroatoms. The summed E-state index contributed by atoms with van der Waals surface area (Å²) >= 11 is 0. The van der Waals surface area contributed by atoms with Gasteiger partial charge in [-0.2, -0.15) is 0 Å². The maximum atomic E-state index is 12.1. The SMILES string of the molecule is COCCC(=O)N1CCC(c2nnc(CN3CCC(O)CC3)n2C)CC1. The van der Waals surface area contributed by atoms with Crippen LogP contribution < -0.4 is 0 Å². The zero-order chi connectivity index (χ0) is 18.5. The van der Waals surface area contributed by atoms with Crippen molar-refractivity contribution < 1.29 is 14.6 Å². The first-order chi connectivity index (χ1) is 12.6. The van der Waals surface area contributed by atoms with Crippen molar-refractivity contribution in [1.82, 2.24) is 24.6 Å². The molecule has 0 saturated carbocycles. The van der Waals surface area contributed by atoms with Crippen molar-refractivity contribution in [1.29, 1.82) is 0 Å². The number of carbonyl (C=O) groups excluding carboxylic acids is 1. The Hall–Kier alpha value is -1.51. The van der Waals surface area contributed by atoms with E-state index in [1.54, 1.807) is 7.11 Å². The number of ether oxygens (including phenoxy) is 1. The van der Waals surface area contributed by atoms with Gasteiger partial charge in [0.1, 0.15) is 11.6 Å². The summed E-state index contributed by atoms with van der Waals surface area (Å²) in [5, 5.41) is 18.5. The van der Waals surface area contributed by atoms with Gasteiger partial charge in [-0.05, 0) is 25.7 Å².